The van der Waals surface area contributed by atoms with Crippen molar-refractivity contribution in [1.82, 2.24) is 0 Å². The second kappa shape index (κ2) is 6.49. The van der Waals surface area contributed by atoms with Crippen molar-refractivity contribution in [3.05, 3.63) is 93.9 Å². The highest BCUT2D eigenvalue weighted by molar-refractivity contribution is 5.82. The largest absolute Gasteiger partial charge is 0.456 e. The first-order chi connectivity index (χ1) is 11.2. The van der Waals surface area contributed by atoms with Gasteiger partial charge in [0.15, 0.2) is 5.43 Å². The number of hydrogen-bond acceptors (Lipinski definition) is 2. The lowest BCUT2D eigenvalue weighted by Gasteiger charge is -2.07. The molecule has 1 aromatic heterocycles. The Labute approximate surface area is 135 Å². The maximum atomic E-state index is 12.6. The lowest BCUT2D eigenvalue weighted by atomic mass is 10.1. The van der Waals surface area contributed by atoms with Gasteiger partial charge in [-0.15, -0.1) is 6.58 Å². The van der Waals surface area contributed by atoms with E-state index in [0.29, 0.717) is 28.7 Å². The van der Waals surface area contributed by atoms with E-state index in [1.165, 1.54) is 0 Å². The fourth-order valence-electron chi connectivity index (χ4n) is 2.60. The molecule has 2 nitrogen and oxygen atoms in total. The fraction of sp³-hybridized carbons (Fsp3) is 0.0952. The van der Waals surface area contributed by atoms with Gasteiger partial charge in [0.1, 0.15) is 11.3 Å². The lowest BCUT2D eigenvalue weighted by molar-refractivity contribution is 0.582. The quantitative estimate of drug-likeness (QED) is 0.635. The van der Waals surface area contributed by atoms with Crippen molar-refractivity contribution >= 4 is 23.1 Å². The number of rotatable bonds is 4. The molecule has 2 heteroatoms. The molecule has 114 valence electrons. The SMILES string of the molecule is C=CCc1cccc2c(=O)c(C)c(/C=C/c3ccccc3)oc12. The van der Waals surface area contributed by atoms with Gasteiger partial charge in [0.2, 0.25) is 0 Å². The Kier molecular flexibility index (Phi) is 4.24. The summed E-state index contributed by atoms with van der Waals surface area (Å²) in [6.07, 6.45) is 6.29. The van der Waals surface area contributed by atoms with Gasteiger partial charge >= 0.3 is 0 Å². The number of benzene rings is 2. The summed E-state index contributed by atoms with van der Waals surface area (Å²) in [5.74, 6) is 0.600. The number of allylic oxidation sites excluding steroid dienone is 1. The number of fused-ring (bicyclic) bond motifs is 1. The molecule has 0 bridgehead atoms. The van der Waals surface area contributed by atoms with Crippen LogP contribution in [0.3, 0.4) is 0 Å². The molecular formula is C21H18O2. The summed E-state index contributed by atoms with van der Waals surface area (Å²) in [7, 11) is 0. The molecule has 0 spiro atoms. The highest BCUT2D eigenvalue weighted by atomic mass is 16.3. The van der Waals surface area contributed by atoms with E-state index >= 15 is 0 Å². The minimum absolute atomic E-state index is 0.0184. The van der Waals surface area contributed by atoms with Crippen molar-refractivity contribution in [2.75, 3.05) is 0 Å². The van der Waals surface area contributed by atoms with Crippen molar-refractivity contribution in [3.8, 4) is 0 Å². The third-order valence-electron chi connectivity index (χ3n) is 3.85. The van der Waals surface area contributed by atoms with E-state index in [4.69, 9.17) is 4.42 Å². The molecule has 0 saturated heterocycles. The molecule has 0 aliphatic carbocycles. The van der Waals surface area contributed by atoms with E-state index in [1.807, 2.05) is 66.8 Å². The van der Waals surface area contributed by atoms with Crippen LogP contribution in [0.25, 0.3) is 23.1 Å². The van der Waals surface area contributed by atoms with Gasteiger partial charge in [-0.3, -0.25) is 4.79 Å². The smallest absolute Gasteiger partial charge is 0.196 e. The van der Waals surface area contributed by atoms with Crippen LogP contribution in [0.1, 0.15) is 22.5 Å². The van der Waals surface area contributed by atoms with E-state index in [2.05, 4.69) is 6.58 Å². The molecule has 0 aliphatic rings. The molecule has 1 heterocycles. The molecule has 3 rings (SSSR count). The van der Waals surface area contributed by atoms with Gasteiger partial charge in [-0.2, -0.15) is 0 Å². The lowest BCUT2D eigenvalue weighted by Crippen LogP contribution is -2.08. The van der Waals surface area contributed by atoms with Crippen LogP contribution in [0.2, 0.25) is 0 Å². The summed E-state index contributed by atoms with van der Waals surface area (Å²) < 4.78 is 6.04. The normalized spacial score (nSPS) is 11.2. The van der Waals surface area contributed by atoms with Crippen LogP contribution in [-0.2, 0) is 6.42 Å². The Bertz CT molecular complexity index is 931. The van der Waals surface area contributed by atoms with Crippen LogP contribution >= 0.6 is 0 Å². The Morgan fingerprint density at radius 1 is 1.04 bits per heavy atom. The second-order valence-electron chi connectivity index (χ2n) is 5.45. The highest BCUT2D eigenvalue weighted by Crippen LogP contribution is 2.21. The zero-order valence-electron chi connectivity index (χ0n) is 13.1. The zero-order chi connectivity index (χ0) is 16.2. The van der Waals surface area contributed by atoms with Crippen molar-refractivity contribution in [2.24, 2.45) is 0 Å². The first-order valence-corrected chi connectivity index (χ1v) is 7.60. The zero-order valence-corrected chi connectivity index (χ0v) is 13.1. The van der Waals surface area contributed by atoms with Gasteiger partial charge in [0.25, 0.3) is 0 Å². The molecule has 0 atom stereocenters. The third kappa shape index (κ3) is 3.02. The van der Waals surface area contributed by atoms with Gasteiger partial charge in [-0.25, -0.2) is 0 Å². The predicted molar refractivity (Wildman–Crippen MR) is 96.5 cm³/mol. The molecule has 0 amide bonds. The molecule has 0 saturated carbocycles. The standard InChI is InChI=1S/C21H18O2/c1-3-8-17-11-7-12-18-20(22)15(2)19(23-21(17)18)14-13-16-9-5-4-6-10-16/h3-7,9-14H,1,8H2,2H3/b14-13+. The maximum absolute atomic E-state index is 12.6. The van der Waals surface area contributed by atoms with Gasteiger partial charge < -0.3 is 4.42 Å². The van der Waals surface area contributed by atoms with Crippen LogP contribution < -0.4 is 5.43 Å². The van der Waals surface area contributed by atoms with Crippen molar-refractivity contribution in [1.29, 1.82) is 0 Å². The second-order valence-corrected chi connectivity index (χ2v) is 5.45. The van der Waals surface area contributed by atoms with Crippen LogP contribution in [-0.4, -0.2) is 0 Å². The third-order valence-corrected chi connectivity index (χ3v) is 3.85. The first kappa shape index (κ1) is 15.0. The summed E-state index contributed by atoms with van der Waals surface area (Å²) >= 11 is 0. The van der Waals surface area contributed by atoms with Crippen LogP contribution in [0.5, 0.6) is 0 Å². The first-order valence-electron chi connectivity index (χ1n) is 7.60. The molecule has 23 heavy (non-hydrogen) atoms. The maximum Gasteiger partial charge on any atom is 0.196 e. The summed E-state index contributed by atoms with van der Waals surface area (Å²) in [5, 5.41) is 0.624. The molecule has 0 fully saturated rings. The van der Waals surface area contributed by atoms with Crippen LogP contribution in [0.4, 0.5) is 0 Å². The van der Waals surface area contributed by atoms with Crippen molar-refractivity contribution in [2.45, 2.75) is 13.3 Å². The van der Waals surface area contributed by atoms with Gasteiger partial charge in [0.05, 0.1) is 5.39 Å². The highest BCUT2D eigenvalue weighted by Gasteiger charge is 2.11. The molecule has 3 aromatic rings. The molecule has 2 aromatic carbocycles. The van der Waals surface area contributed by atoms with Gasteiger partial charge in [0, 0.05) is 5.56 Å². The average Bonchev–Trinajstić information content (AvgIpc) is 2.58. The Hall–Kier alpha value is -2.87. The number of para-hydroxylation sites is 1. The average molecular weight is 302 g/mol. The van der Waals surface area contributed by atoms with E-state index in [1.54, 1.807) is 6.92 Å². The minimum Gasteiger partial charge on any atom is -0.456 e. The van der Waals surface area contributed by atoms with E-state index in [9.17, 15) is 4.79 Å². The van der Waals surface area contributed by atoms with Crippen molar-refractivity contribution < 1.29 is 4.42 Å². The monoisotopic (exact) mass is 302 g/mol. The summed E-state index contributed by atoms with van der Waals surface area (Å²) in [6, 6.07) is 15.6. The van der Waals surface area contributed by atoms with Crippen LogP contribution in [0, 0.1) is 6.92 Å². The van der Waals surface area contributed by atoms with E-state index in [0.717, 1.165) is 11.1 Å². The summed E-state index contributed by atoms with van der Waals surface area (Å²) in [6.45, 7) is 5.57. The Balaban J connectivity index is 2.16. The Morgan fingerprint density at radius 3 is 2.57 bits per heavy atom. The molecular weight excluding hydrogens is 284 g/mol. The van der Waals surface area contributed by atoms with Crippen LogP contribution in [0.15, 0.2) is 70.4 Å². The van der Waals surface area contributed by atoms with Crippen molar-refractivity contribution in [3.63, 3.8) is 0 Å². The number of hydrogen-bond donors (Lipinski definition) is 0. The molecule has 0 radical (unpaired) electrons. The fourth-order valence-corrected chi connectivity index (χ4v) is 2.60. The summed E-state index contributed by atoms with van der Waals surface area (Å²) in [4.78, 5) is 12.6. The van der Waals surface area contributed by atoms with Gasteiger partial charge in [-0.05, 0) is 36.6 Å². The topological polar surface area (TPSA) is 30.2 Å². The van der Waals surface area contributed by atoms with E-state index < -0.39 is 0 Å². The molecule has 0 N–H and O–H groups in total. The summed E-state index contributed by atoms with van der Waals surface area (Å²) in [5.41, 5.74) is 3.33. The molecule has 0 aliphatic heterocycles. The predicted octanol–water partition coefficient (Wildman–Crippen LogP) is 5.00. The van der Waals surface area contributed by atoms with Gasteiger partial charge in [-0.1, -0.05) is 54.6 Å². The Morgan fingerprint density at radius 2 is 1.83 bits per heavy atom. The van der Waals surface area contributed by atoms with E-state index in [-0.39, 0.29) is 5.43 Å². The molecule has 0 unspecified atom stereocenters. The minimum atomic E-state index is 0.0184.